The molecule has 0 saturated heterocycles. The molecule has 1 aromatic heterocycles. The van der Waals surface area contributed by atoms with Gasteiger partial charge in [-0.3, -0.25) is 4.79 Å². The fourth-order valence-corrected chi connectivity index (χ4v) is 1.52. The molecule has 0 spiro atoms. The molecule has 0 atom stereocenters. The van der Waals surface area contributed by atoms with Crippen molar-refractivity contribution in [1.82, 2.24) is 0 Å². The molecule has 0 radical (unpaired) electrons. The molecule has 6 nitrogen and oxygen atoms in total. The Morgan fingerprint density at radius 2 is 2.10 bits per heavy atom. The smallest absolute Gasteiger partial charge is 0.336 e. The summed E-state index contributed by atoms with van der Waals surface area (Å²) < 4.78 is 9.69. The van der Waals surface area contributed by atoms with E-state index in [0.29, 0.717) is 5.56 Å². The second-order valence-electron chi connectivity index (χ2n) is 4.05. The third-order valence-corrected chi connectivity index (χ3v) is 2.55. The molecule has 0 unspecified atom stereocenters. The van der Waals surface area contributed by atoms with Gasteiger partial charge in [-0.25, -0.2) is 4.79 Å². The van der Waals surface area contributed by atoms with Gasteiger partial charge in [-0.2, -0.15) is 0 Å². The lowest BCUT2D eigenvalue weighted by atomic mass is 10.2. The molecule has 108 valence electrons. The van der Waals surface area contributed by atoms with E-state index in [0.717, 1.165) is 18.4 Å². The first kappa shape index (κ1) is 14.5. The highest BCUT2D eigenvalue weighted by Crippen LogP contribution is 2.17. The van der Waals surface area contributed by atoms with Crippen molar-refractivity contribution in [2.75, 3.05) is 0 Å². The SMILES string of the molecule is O=C(/C=C/c1ccccc1O)Oc1coc(CO)cc1=O. The van der Waals surface area contributed by atoms with Gasteiger partial charge in [0.25, 0.3) is 0 Å². The third-order valence-electron chi connectivity index (χ3n) is 2.55. The molecular formula is C15H12O6. The van der Waals surface area contributed by atoms with Crippen LogP contribution in [0.25, 0.3) is 6.08 Å². The van der Waals surface area contributed by atoms with E-state index in [-0.39, 0.29) is 17.3 Å². The van der Waals surface area contributed by atoms with E-state index in [2.05, 4.69) is 0 Å². The summed E-state index contributed by atoms with van der Waals surface area (Å²) in [7, 11) is 0. The minimum absolute atomic E-state index is 0.0216. The van der Waals surface area contributed by atoms with Crippen LogP contribution in [-0.2, 0) is 11.4 Å². The number of esters is 1. The Morgan fingerprint density at radius 1 is 1.33 bits per heavy atom. The summed E-state index contributed by atoms with van der Waals surface area (Å²) in [6, 6.07) is 7.48. The summed E-state index contributed by atoms with van der Waals surface area (Å²) in [6.45, 7) is -0.420. The van der Waals surface area contributed by atoms with Gasteiger partial charge in [0.1, 0.15) is 24.4 Å². The van der Waals surface area contributed by atoms with Gasteiger partial charge >= 0.3 is 5.97 Å². The lowest BCUT2D eigenvalue weighted by Gasteiger charge is -2.01. The van der Waals surface area contributed by atoms with Crippen LogP contribution in [0.5, 0.6) is 11.5 Å². The Hall–Kier alpha value is -2.86. The normalized spacial score (nSPS) is 10.7. The van der Waals surface area contributed by atoms with Crippen LogP contribution in [0.1, 0.15) is 11.3 Å². The maximum atomic E-state index is 11.6. The minimum atomic E-state index is -0.790. The van der Waals surface area contributed by atoms with Crippen molar-refractivity contribution in [1.29, 1.82) is 0 Å². The van der Waals surface area contributed by atoms with Crippen molar-refractivity contribution in [3.8, 4) is 11.5 Å². The Balaban J connectivity index is 2.09. The fraction of sp³-hybridized carbons (Fsp3) is 0.0667. The second kappa shape index (κ2) is 6.53. The van der Waals surface area contributed by atoms with Gasteiger partial charge in [0.2, 0.25) is 11.2 Å². The number of ether oxygens (including phenoxy) is 1. The molecule has 21 heavy (non-hydrogen) atoms. The lowest BCUT2D eigenvalue weighted by Crippen LogP contribution is -2.12. The molecule has 6 heteroatoms. The number of phenolic OH excluding ortho intramolecular Hbond substituents is 1. The highest BCUT2D eigenvalue weighted by atomic mass is 16.5. The number of hydrogen-bond acceptors (Lipinski definition) is 6. The van der Waals surface area contributed by atoms with Crippen LogP contribution in [0.15, 0.2) is 51.9 Å². The Labute approximate surface area is 119 Å². The first-order valence-corrected chi connectivity index (χ1v) is 6.00. The van der Waals surface area contributed by atoms with Crippen molar-refractivity contribution in [3.63, 3.8) is 0 Å². The molecule has 2 rings (SSSR count). The number of para-hydroxylation sites is 1. The molecule has 0 amide bonds. The van der Waals surface area contributed by atoms with E-state index in [4.69, 9.17) is 14.3 Å². The summed E-state index contributed by atoms with van der Waals surface area (Å²) in [5.74, 6) is -0.973. The number of benzene rings is 1. The lowest BCUT2D eigenvalue weighted by molar-refractivity contribution is -0.129. The van der Waals surface area contributed by atoms with Gasteiger partial charge in [0.15, 0.2) is 0 Å². The first-order valence-electron chi connectivity index (χ1n) is 6.00. The molecule has 2 N–H and O–H groups in total. The number of aromatic hydroxyl groups is 1. The molecule has 1 aromatic carbocycles. The third kappa shape index (κ3) is 3.80. The number of aliphatic hydroxyl groups is 1. The molecule has 0 aliphatic rings. The zero-order valence-electron chi connectivity index (χ0n) is 10.9. The maximum Gasteiger partial charge on any atom is 0.336 e. The molecule has 0 bridgehead atoms. The zero-order valence-corrected chi connectivity index (χ0v) is 10.9. The Kier molecular flexibility index (Phi) is 4.53. The van der Waals surface area contributed by atoms with Crippen LogP contribution in [0, 0.1) is 0 Å². The van der Waals surface area contributed by atoms with E-state index in [1.54, 1.807) is 18.2 Å². The number of carbonyl (C=O) groups excluding carboxylic acids is 1. The van der Waals surface area contributed by atoms with E-state index in [1.807, 2.05) is 0 Å². The van der Waals surface area contributed by atoms with Gasteiger partial charge in [-0.05, 0) is 12.1 Å². The van der Waals surface area contributed by atoms with Crippen LogP contribution < -0.4 is 10.2 Å². The van der Waals surface area contributed by atoms with Crippen LogP contribution in [-0.4, -0.2) is 16.2 Å². The summed E-state index contributed by atoms with van der Waals surface area (Å²) in [4.78, 5) is 23.1. The Morgan fingerprint density at radius 3 is 2.76 bits per heavy atom. The number of carbonyl (C=O) groups is 1. The van der Waals surface area contributed by atoms with Crippen molar-refractivity contribution in [2.45, 2.75) is 6.61 Å². The largest absolute Gasteiger partial charge is 0.507 e. The highest BCUT2D eigenvalue weighted by molar-refractivity contribution is 5.89. The van der Waals surface area contributed by atoms with E-state index < -0.39 is 18.0 Å². The predicted octanol–water partition coefficient (Wildman–Crippen LogP) is 1.46. The van der Waals surface area contributed by atoms with Crippen molar-refractivity contribution in [3.05, 3.63) is 64.2 Å². The average Bonchev–Trinajstić information content (AvgIpc) is 2.48. The minimum Gasteiger partial charge on any atom is -0.507 e. The van der Waals surface area contributed by atoms with Crippen molar-refractivity contribution < 1.29 is 24.2 Å². The summed E-state index contributed by atoms with van der Waals surface area (Å²) in [5.41, 5.74) is -0.133. The number of aliphatic hydroxyl groups excluding tert-OH is 1. The average molecular weight is 288 g/mol. The van der Waals surface area contributed by atoms with E-state index in [1.165, 1.54) is 12.1 Å². The van der Waals surface area contributed by atoms with Crippen LogP contribution in [0.2, 0.25) is 0 Å². The fourth-order valence-electron chi connectivity index (χ4n) is 1.52. The number of hydrogen-bond donors (Lipinski definition) is 2. The quantitative estimate of drug-likeness (QED) is 0.653. The van der Waals surface area contributed by atoms with Crippen LogP contribution >= 0.6 is 0 Å². The monoisotopic (exact) mass is 288 g/mol. The molecule has 0 aliphatic heterocycles. The molecule has 0 fully saturated rings. The molecular weight excluding hydrogens is 276 g/mol. The number of phenols is 1. The predicted molar refractivity (Wildman–Crippen MR) is 73.7 cm³/mol. The molecule has 2 aromatic rings. The van der Waals surface area contributed by atoms with Gasteiger partial charge < -0.3 is 19.4 Å². The molecule has 0 saturated carbocycles. The second-order valence-corrected chi connectivity index (χ2v) is 4.05. The van der Waals surface area contributed by atoms with Crippen LogP contribution in [0.3, 0.4) is 0 Å². The molecule has 0 aliphatic carbocycles. The molecule has 1 heterocycles. The number of rotatable bonds is 4. The Bertz CT molecular complexity index is 729. The van der Waals surface area contributed by atoms with Gasteiger partial charge in [-0.15, -0.1) is 0 Å². The van der Waals surface area contributed by atoms with Gasteiger partial charge in [0.05, 0.1) is 0 Å². The van der Waals surface area contributed by atoms with Crippen LogP contribution in [0.4, 0.5) is 0 Å². The van der Waals surface area contributed by atoms with Gasteiger partial charge in [0, 0.05) is 17.7 Å². The van der Waals surface area contributed by atoms with Gasteiger partial charge in [-0.1, -0.05) is 18.2 Å². The van der Waals surface area contributed by atoms with E-state index in [9.17, 15) is 14.7 Å². The maximum absolute atomic E-state index is 11.6. The topological polar surface area (TPSA) is 97.0 Å². The summed E-state index contributed by atoms with van der Waals surface area (Å²) >= 11 is 0. The first-order chi connectivity index (χ1) is 10.1. The van der Waals surface area contributed by atoms with Crippen molar-refractivity contribution >= 4 is 12.0 Å². The zero-order chi connectivity index (χ0) is 15.2. The highest BCUT2D eigenvalue weighted by Gasteiger charge is 2.08. The summed E-state index contributed by atoms with van der Waals surface area (Å²) in [5, 5.41) is 18.3. The van der Waals surface area contributed by atoms with E-state index >= 15 is 0 Å². The summed E-state index contributed by atoms with van der Waals surface area (Å²) in [6.07, 6.45) is 3.40. The standard InChI is InChI=1S/C15H12O6/c16-8-11-7-13(18)14(9-20-11)21-15(19)6-5-10-3-1-2-4-12(10)17/h1-7,9,16-17H,8H2/b6-5+. The van der Waals surface area contributed by atoms with Crippen molar-refractivity contribution in [2.24, 2.45) is 0 Å².